The summed E-state index contributed by atoms with van der Waals surface area (Å²) < 4.78 is 0. The quantitative estimate of drug-likeness (QED) is 0.744. The molecule has 1 heterocycles. The van der Waals surface area contributed by atoms with Crippen LogP contribution in [0.25, 0.3) is 11.1 Å². The van der Waals surface area contributed by atoms with Gasteiger partial charge in [0.2, 0.25) is 0 Å². The van der Waals surface area contributed by atoms with E-state index in [1.54, 1.807) is 0 Å². The summed E-state index contributed by atoms with van der Waals surface area (Å²) in [5, 5.41) is 3.38. The summed E-state index contributed by atoms with van der Waals surface area (Å²) in [6.07, 6.45) is 1.97. The van der Waals surface area contributed by atoms with E-state index >= 15 is 0 Å². The molecule has 0 radical (unpaired) electrons. The van der Waals surface area contributed by atoms with Gasteiger partial charge >= 0.3 is 0 Å². The number of rotatable bonds is 2. The Bertz CT molecular complexity index is 363. The number of hydrogen-bond donors (Lipinski definition) is 2. The predicted molar refractivity (Wildman–Crippen MR) is 62.9 cm³/mol. The highest BCUT2D eigenvalue weighted by Gasteiger charge is 2.07. The molecule has 1 aliphatic heterocycles. The summed E-state index contributed by atoms with van der Waals surface area (Å²) in [6.45, 7) is 4.27. The topological polar surface area (TPSA) is 27.8 Å². The zero-order valence-corrected chi connectivity index (χ0v) is 7.96. The SMILES string of the molecule is C.CC(C)Nc1[nH]ccc2cccc1-2. The Hall–Kier alpha value is -1.44. The van der Waals surface area contributed by atoms with Crippen LogP contribution in [0.1, 0.15) is 21.3 Å². The Morgan fingerprint density at radius 2 is 2.00 bits per heavy atom. The van der Waals surface area contributed by atoms with Crippen molar-refractivity contribution in [1.29, 1.82) is 0 Å². The van der Waals surface area contributed by atoms with Gasteiger partial charge in [-0.2, -0.15) is 0 Å². The van der Waals surface area contributed by atoms with Crippen LogP contribution in [0.15, 0.2) is 30.5 Å². The van der Waals surface area contributed by atoms with Gasteiger partial charge in [-0.05, 0) is 25.5 Å². The molecule has 1 aliphatic carbocycles. The van der Waals surface area contributed by atoms with Crippen LogP contribution in [0.3, 0.4) is 0 Å². The highest BCUT2D eigenvalue weighted by Crippen LogP contribution is 2.28. The highest BCUT2D eigenvalue weighted by molar-refractivity contribution is 5.77. The van der Waals surface area contributed by atoms with Crippen molar-refractivity contribution >= 4 is 5.82 Å². The molecule has 2 heteroatoms. The molecule has 0 aromatic rings. The Morgan fingerprint density at radius 3 is 2.71 bits per heavy atom. The molecule has 2 N–H and O–H groups in total. The molecule has 0 aromatic carbocycles. The normalized spacial score (nSPS) is 10.2. The monoisotopic (exact) mass is 190 g/mol. The number of aromatic amines is 1. The molecule has 0 saturated heterocycles. The van der Waals surface area contributed by atoms with E-state index < -0.39 is 0 Å². The molecule has 0 unspecified atom stereocenters. The van der Waals surface area contributed by atoms with Crippen molar-refractivity contribution in [1.82, 2.24) is 4.98 Å². The maximum Gasteiger partial charge on any atom is 0.111 e. The Morgan fingerprint density at radius 1 is 1.21 bits per heavy atom. The van der Waals surface area contributed by atoms with E-state index in [1.165, 1.54) is 11.1 Å². The molecular weight excluding hydrogens is 172 g/mol. The fraction of sp³-hybridized carbons (Fsp3) is 0.333. The summed E-state index contributed by atoms with van der Waals surface area (Å²) in [5.74, 6) is 1.11. The van der Waals surface area contributed by atoms with Crippen LogP contribution >= 0.6 is 0 Å². The molecule has 0 amide bonds. The van der Waals surface area contributed by atoms with Gasteiger partial charge in [-0.1, -0.05) is 25.6 Å². The maximum absolute atomic E-state index is 3.38. The van der Waals surface area contributed by atoms with Crippen LogP contribution in [0.2, 0.25) is 0 Å². The number of fused-ring (bicyclic) bond motifs is 1. The number of nitrogens with one attached hydrogen (secondary N) is 2. The van der Waals surface area contributed by atoms with Crippen molar-refractivity contribution < 1.29 is 0 Å². The fourth-order valence-corrected chi connectivity index (χ4v) is 1.51. The van der Waals surface area contributed by atoms with Gasteiger partial charge in [-0.15, -0.1) is 0 Å². The third-order valence-corrected chi connectivity index (χ3v) is 2.04. The number of anilines is 1. The zero-order valence-electron chi connectivity index (χ0n) is 7.96. The molecule has 2 nitrogen and oxygen atoms in total. The summed E-state index contributed by atoms with van der Waals surface area (Å²) in [6, 6.07) is 8.85. The highest BCUT2D eigenvalue weighted by atomic mass is 15.0. The standard InChI is InChI=1S/C11H14N2.CH4/c1-8(2)13-11-10-5-3-4-9(10)6-7-12-11;/h3-8,12-13H,1-2H3;1H4. The van der Waals surface area contributed by atoms with Crippen LogP contribution in [0.5, 0.6) is 0 Å². The van der Waals surface area contributed by atoms with Crippen LogP contribution in [0, 0.1) is 0 Å². The molecule has 0 spiro atoms. The third kappa shape index (κ3) is 1.90. The Labute approximate surface area is 85.7 Å². The van der Waals surface area contributed by atoms with Crippen molar-refractivity contribution in [3.63, 3.8) is 0 Å². The average molecular weight is 190 g/mol. The van der Waals surface area contributed by atoms with Crippen molar-refractivity contribution in [2.45, 2.75) is 27.3 Å². The molecule has 0 bridgehead atoms. The lowest BCUT2D eigenvalue weighted by Crippen LogP contribution is -2.11. The zero-order chi connectivity index (χ0) is 9.26. The van der Waals surface area contributed by atoms with Gasteiger partial charge in [-0.25, -0.2) is 0 Å². The summed E-state index contributed by atoms with van der Waals surface area (Å²) in [4.78, 5) is 3.22. The van der Waals surface area contributed by atoms with Crippen LogP contribution in [-0.4, -0.2) is 11.0 Å². The first-order valence-electron chi connectivity index (χ1n) is 4.60. The van der Waals surface area contributed by atoms with Crippen molar-refractivity contribution in [2.24, 2.45) is 0 Å². The van der Waals surface area contributed by atoms with Gasteiger partial charge in [0.05, 0.1) is 0 Å². The van der Waals surface area contributed by atoms with E-state index in [2.05, 4.69) is 48.4 Å². The second-order valence-corrected chi connectivity index (χ2v) is 3.55. The largest absolute Gasteiger partial charge is 0.369 e. The maximum atomic E-state index is 3.38. The minimum Gasteiger partial charge on any atom is -0.369 e. The first-order valence-corrected chi connectivity index (χ1v) is 4.60. The lowest BCUT2D eigenvalue weighted by Gasteiger charge is -2.13. The Balaban J connectivity index is 0.000000980. The van der Waals surface area contributed by atoms with E-state index in [0.29, 0.717) is 6.04 Å². The molecule has 0 saturated carbocycles. The van der Waals surface area contributed by atoms with Gasteiger partial charge in [0.15, 0.2) is 0 Å². The van der Waals surface area contributed by atoms with Gasteiger partial charge < -0.3 is 10.3 Å². The van der Waals surface area contributed by atoms with Crippen molar-refractivity contribution in [3.8, 4) is 11.1 Å². The lowest BCUT2D eigenvalue weighted by atomic mass is 10.1. The molecular formula is C12H18N2. The second kappa shape index (κ2) is 4.18. The number of hydrogen-bond acceptors (Lipinski definition) is 1. The molecule has 0 atom stereocenters. The van der Waals surface area contributed by atoms with E-state index in [4.69, 9.17) is 0 Å². The van der Waals surface area contributed by atoms with Crippen molar-refractivity contribution in [2.75, 3.05) is 5.32 Å². The number of H-pyrrole nitrogens is 1. The van der Waals surface area contributed by atoms with E-state index in [1.807, 2.05) is 6.20 Å². The average Bonchev–Trinajstić information content (AvgIpc) is 2.51. The van der Waals surface area contributed by atoms with Gasteiger partial charge in [-0.3, -0.25) is 0 Å². The summed E-state index contributed by atoms with van der Waals surface area (Å²) in [7, 11) is 0. The number of pyridine rings is 1. The van der Waals surface area contributed by atoms with Crippen molar-refractivity contribution in [3.05, 3.63) is 30.5 Å². The molecule has 76 valence electrons. The number of aromatic nitrogens is 1. The Kier molecular flexibility index (Phi) is 3.18. The van der Waals surface area contributed by atoms with E-state index in [0.717, 1.165) is 5.82 Å². The first kappa shape index (κ1) is 10.6. The molecule has 14 heavy (non-hydrogen) atoms. The van der Waals surface area contributed by atoms with Gasteiger partial charge in [0.1, 0.15) is 5.82 Å². The molecule has 2 rings (SSSR count). The van der Waals surface area contributed by atoms with Gasteiger partial charge in [0, 0.05) is 17.8 Å². The predicted octanol–water partition coefficient (Wildman–Crippen LogP) is 3.58. The summed E-state index contributed by atoms with van der Waals surface area (Å²) in [5.41, 5.74) is 2.54. The first-order chi connectivity index (χ1) is 6.27. The van der Waals surface area contributed by atoms with Gasteiger partial charge in [0.25, 0.3) is 0 Å². The lowest BCUT2D eigenvalue weighted by molar-refractivity contribution is 0.890. The molecule has 2 aliphatic rings. The van der Waals surface area contributed by atoms with Crippen LogP contribution in [0.4, 0.5) is 5.82 Å². The van der Waals surface area contributed by atoms with E-state index in [-0.39, 0.29) is 7.43 Å². The molecule has 0 aromatic heterocycles. The van der Waals surface area contributed by atoms with E-state index in [9.17, 15) is 0 Å². The van der Waals surface area contributed by atoms with Crippen LogP contribution in [-0.2, 0) is 0 Å². The summed E-state index contributed by atoms with van der Waals surface area (Å²) >= 11 is 0. The smallest absolute Gasteiger partial charge is 0.111 e. The second-order valence-electron chi connectivity index (χ2n) is 3.55. The third-order valence-electron chi connectivity index (χ3n) is 2.04. The fourth-order valence-electron chi connectivity index (χ4n) is 1.51. The minimum absolute atomic E-state index is 0. The van der Waals surface area contributed by atoms with Crippen LogP contribution < -0.4 is 5.32 Å². The molecule has 0 fully saturated rings. The minimum atomic E-state index is 0.